The summed E-state index contributed by atoms with van der Waals surface area (Å²) in [5, 5.41) is 6.50. The van der Waals surface area contributed by atoms with Gasteiger partial charge in [0.2, 0.25) is 0 Å². The van der Waals surface area contributed by atoms with E-state index in [-0.39, 0.29) is 0 Å². The fraction of sp³-hybridized carbons (Fsp3) is 0.0435. The number of fused-ring (bicyclic) bond motifs is 2. The molecule has 0 unspecified atom stereocenters. The van der Waals surface area contributed by atoms with Crippen molar-refractivity contribution in [3.63, 3.8) is 0 Å². The molecule has 5 rings (SSSR count). The molecule has 0 aliphatic heterocycles. The molecule has 0 atom stereocenters. The monoisotopic (exact) mass is 379 g/mol. The molecule has 0 amide bonds. The van der Waals surface area contributed by atoms with Gasteiger partial charge in [0.25, 0.3) is 0 Å². The van der Waals surface area contributed by atoms with Gasteiger partial charge < -0.3 is 10.1 Å². The van der Waals surface area contributed by atoms with E-state index < -0.39 is 0 Å². The van der Waals surface area contributed by atoms with Crippen LogP contribution in [-0.4, -0.2) is 27.0 Å². The van der Waals surface area contributed by atoms with Gasteiger partial charge in [-0.15, -0.1) is 0 Å². The third kappa shape index (κ3) is 3.21. The molecule has 29 heavy (non-hydrogen) atoms. The molecular formula is C23H17N5O. The predicted octanol–water partition coefficient (Wildman–Crippen LogP) is 4.99. The van der Waals surface area contributed by atoms with E-state index in [0.717, 1.165) is 38.7 Å². The average Bonchev–Trinajstić information content (AvgIpc) is 2.79. The van der Waals surface area contributed by atoms with Crippen molar-refractivity contribution in [1.82, 2.24) is 19.9 Å². The molecule has 6 nitrogen and oxygen atoms in total. The zero-order valence-electron chi connectivity index (χ0n) is 15.7. The second-order valence-electron chi connectivity index (χ2n) is 6.55. The van der Waals surface area contributed by atoms with Gasteiger partial charge in [0, 0.05) is 52.2 Å². The van der Waals surface area contributed by atoms with Crippen molar-refractivity contribution >= 4 is 33.2 Å². The van der Waals surface area contributed by atoms with Gasteiger partial charge in [0.1, 0.15) is 11.6 Å². The summed E-state index contributed by atoms with van der Waals surface area (Å²) in [6, 6.07) is 17.7. The maximum Gasteiger partial charge on any atom is 0.163 e. The largest absolute Gasteiger partial charge is 0.497 e. The minimum atomic E-state index is 0.611. The number of nitrogens with zero attached hydrogens (tertiary/aromatic N) is 4. The van der Waals surface area contributed by atoms with Gasteiger partial charge in [0.15, 0.2) is 5.82 Å². The van der Waals surface area contributed by atoms with Crippen LogP contribution in [0.15, 0.2) is 79.4 Å². The molecule has 0 fully saturated rings. The van der Waals surface area contributed by atoms with Crippen LogP contribution in [0.2, 0.25) is 0 Å². The molecule has 2 aromatic carbocycles. The van der Waals surface area contributed by atoms with Crippen LogP contribution in [0.4, 0.5) is 11.5 Å². The Morgan fingerprint density at radius 3 is 2.62 bits per heavy atom. The standard InChI is InChI=1S/C23H17N5O/c1-29-17-7-8-21-19(12-17)23(28-22(26-21)16-5-3-10-24-14-16)27-20-6-2-4-15-13-25-11-9-18(15)20/h2-14H,1H3,(H,26,27,28). The molecule has 140 valence electrons. The van der Waals surface area contributed by atoms with Crippen LogP contribution in [0.25, 0.3) is 33.1 Å². The summed E-state index contributed by atoms with van der Waals surface area (Å²) in [6.45, 7) is 0. The number of benzene rings is 2. The van der Waals surface area contributed by atoms with Gasteiger partial charge in [-0.25, -0.2) is 9.97 Å². The highest BCUT2D eigenvalue weighted by Gasteiger charge is 2.12. The molecule has 0 aliphatic rings. The maximum atomic E-state index is 5.41. The SMILES string of the molecule is COc1ccc2nc(-c3cccnc3)nc(Nc3cccc4cnccc34)c2c1. The number of methoxy groups -OCH3 is 1. The van der Waals surface area contributed by atoms with Crippen molar-refractivity contribution in [2.75, 3.05) is 12.4 Å². The molecule has 3 heterocycles. The number of hydrogen-bond donors (Lipinski definition) is 1. The molecule has 1 N–H and O–H groups in total. The van der Waals surface area contributed by atoms with Crippen molar-refractivity contribution in [2.24, 2.45) is 0 Å². The summed E-state index contributed by atoms with van der Waals surface area (Å²) < 4.78 is 5.41. The minimum Gasteiger partial charge on any atom is -0.497 e. The van der Waals surface area contributed by atoms with Crippen LogP contribution < -0.4 is 10.1 Å². The molecule has 0 bridgehead atoms. The first-order chi connectivity index (χ1) is 14.3. The van der Waals surface area contributed by atoms with Crippen LogP contribution in [-0.2, 0) is 0 Å². The Kier molecular flexibility index (Phi) is 4.22. The summed E-state index contributed by atoms with van der Waals surface area (Å²) in [5.41, 5.74) is 2.63. The zero-order chi connectivity index (χ0) is 19.6. The first kappa shape index (κ1) is 17.1. The Hall–Kier alpha value is -4.06. The van der Waals surface area contributed by atoms with Crippen LogP contribution in [0, 0.1) is 0 Å². The summed E-state index contributed by atoms with van der Waals surface area (Å²) in [5.74, 6) is 2.07. The van der Waals surface area contributed by atoms with Gasteiger partial charge in [-0.3, -0.25) is 9.97 Å². The lowest BCUT2D eigenvalue weighted by Gasteiger charge is -2.13. The van der Waals surface area contributed by atoms with Crippen LogP contribution in [0.3, 0.4) is 0 Å². The maximum absolute atomic E-state index is 5.41. The Bertz CT molecular complexity index is 1320. The van der Waals surface area contributed by atoms with E-state index in [0.29, 0.717) is 11.6 Å². The highest BCUT2D eigenvalue weighted by molar-refractivity contribution is 5.99. The highest BCUT2D eigenvalue weighted by Crippen LogP contribution is 2.32. The van der Waals surface area contributed by atoms with E-state index >= 15 is 0 Å². The molecule has 0 saturated heterocycles. The topological polar surface area (TPSA) is 72.8 Å². The third-order valence-electron chi connectivity index (χ3n) is 4.76. The second kappa shape index (κ2) is 7.16. The first-order valence-electron chi connectivity index (χ1n) is 9.18. The highest BCUT2D eigenvalue weighted by atomic mass is 16.5. The van der Waals surface area contributed by atoms with Gasteiger partial charge in [-0.05, 0) is 42.5 Å². The lowest BCUT2D eigenvalue weighted by atomic mass is 10.1. The van der Waals surface area contributed by atoms with E-state index in [4.69, 9.17) is 14.7 Å². The molecule has 5 aromatic rings. The molecule has 0 aliphatic carbocycles. The fourth-order valence-corrected chi connectivity index (χ4v) is 3.31. The van der Waals surface area contributed by atoms with Crippen molar-refractivity contribution < 1.29 is 4.74 Å². The summed E-state index contributed by atoms with van der Waals surface area (Å²) in [6.07, 6.45) is 7.13. The number of anilines is 2. The second-order valence-corrected chi connectivity index (χ2v) is 6.55. The van der Waals surface area contributed by atoms with E-state index in [2.05, 4.69) is 15.3 Å². The van der Waals surface area contributed by atoms with Gasteiger partial charge in [0.05, 0.1) is 12.6 Å². The number of ether oxygens (including phenoxy) is 1. The van der Waals surface area contributed by atoms with Gasteiger partial charge >= 0.3 is 0 Å². The van der Waals surface area contributed by atoms with Crippen LogP contribution >= 0.6 is 0 Å². The number of pyridine rings is 2. The van der Waals surface area contributed by atoms with Crippen molar-refractivity contribution in [3.05, 3.63) is 79.4 Å². The summed E-state index contributed by atoms with van der Waals surface area (Å²) in [7, 11) is 1.65. The third-order valence-corrected chi connectivity index (χ3v) is 4.76. The van der Waals surface area contributed by atoms with E-state index in [1.807, 2.05) is 60.8 Å². The lowest BCUT2D eigenvalue weighted by molar-refractivity contribution is 0.415. The number of aromatic nitrogens is 4. The Labute approximate surface area is 167 Å². The fourth-order valence-electron chi connectivity index (χ4n) is 3.31. The Balaban J connectivity index is 1.71. The smallest absolute Gasteiger partial charge is 0.163 e. The molecule has 0 saturated carbocycles. The van der Waals surface area contributed by atoms with Crippen molar-refractivity contribution in [3.8, 4) is 17.1 Å². The normalized spacial score (nSPS) is 10.9. The molecular weight excluding hydrogens is 362 g/mol. The molecule has 3 aromatic heterocycles. The first-order valence-corrected chi connectivity index (χ1v) is 9.18. The van der Waals surface area contributed by atoms with E-state index in [9.17, 15) is 0 Å². The Morgan fingerprint density at radius 2 is 1.76 bits per heavy atom. The quantitative estimate of drug-likeness (QED) is 0.474. The van der Waals surface area contributed by atoms with Crippen LogP contribution in [0.1, 0.15) is 0 Å². The molecule has 6 heteroatoms. The Morgan fingerprint density at radius 1 is 0.828 bits per heavy atom. The van der Waals surface area contributed by atoms with Crippen molar-refractivity contribution in [2.45, 2.75) is 0 Å². The van der Waals surface area contributed by atoms with Gasteiger partial charge in [-0.2, -0.15) is 0 Å². The minimum absolute atomic E-state index is 0.611. The number of nitrogens with one attached hydrogen (secondary N) is 1. The van der Waals surface area contributed by atoms with E-state index in [1.165, 1.54) is 0 Å². The van der Waals surface area contributed by atoms with Gasteiger partial charge in [-0.1, -0.05) is 12.1 Å². The number of rotatable bonds is 4. The predicted molar refractivity (Wildman–Crippen MR) is 114 cm³/mol. The summed E-state index contributed by atoms with van der Waals surface area (Å²) in [4.78, 5) is 18.0. The van der Waals surface area contributed by atoms with Crippen molar-refractivity contribution in [1.29, 1.82) is 0 Å². The average molecular weight is 379 g/mol. The zero-order valence-corrected chi connectivity index (χ0v) is 15.7. The lowest BCUT2D eigenvalue weighted by Crippen LogP contribution is -2.00. The number of hydrogen-bond acceptors (Lipinski definition) is 6. The summed E-state index contributed by atoms with van der Waals surface area (Å²) >= 11 is 0. The van der Waals surface area contributed by atoms with E-state index in [1.54, 1.807) is 25.7 Å². The molecule has 0 radical (unpaired) electrons. The van der Waals surface area contributed by atoms with Crippen LogP contribution in [0.5, 0.6) is 5.75 Å². The molecule has 0 spiro atoms.